The molecule has 1 unspecified atom stereocenters. The minimum absolute atomic E-state index is 0.235. The maximum absolute atomic E-state index is 11.0. The quantitative estimate of drug-likeness (QED) is 0.829. The van der Waals surface area contributed by atoms with Gasteiger partial charge in [0.15, 0.2) is 0 Å². The summed E-state index contributed by atoms with van der Waals surface area (Å²) in [6, 6.07) is 0. The number of anilines is 2. The molecule has 0 aromatic carbocycles. The smallest absolute Gasteiger partial charge is 0.135 e. The molecule has 1 aromatic rings. The summed E-state index contributed by atoms with van der Waals surface area (Å²) in [5, 5.41) is 3.16. The lowest BCUT2D eigenvalue weighted by Crippen LogP contribution is -2.14. The van der Waals surface area contributed by atoms with Crippen LogP contribution in [0.15, 0.2) is 0 Å². The monoisotopic (exact) mass is 256 g/mol. The van der Waals surface area contributed by atoms with Gasteiger partial charge in [-0.1, -0.05) is 13.8 Å². The fraction of sp³-hybridized carbons (Fsp3) is 0.636. The Bertz CT molecular complexity index is 420. The Morgan fingerprint density at radius 1 is 1.41 bits per heavy atom. The van der Waals surface area contributed by atoms with Gasteiger partial charge in [0.25, 0.3) is 0 Å². The van der Waals surface area contributed by atoms with Crippen molar-refractivity contribution in [2.45, 2.75) is 26.7 Å². The number of hydrogen-bond donors (Lipinski definition) is 2. The van der Waals surface area contributed by atoms with Crippen LogP contribution in [0.1, 0.15) is 31.2 Å². The number of nitrogens with one attached hydrogen (secondary N) is 1. The molecule has 1 rings (SSSR count). The van der Waals surface area contributed by atoms with Gasteiger partial charge in [-0.05, 0) is 6.92 Å². The summed E-state index contributed by atoms with van der Waals surface area (Å²) < 4.78 is 11.0. The van der Waals surface area contributed by atoms with E-state index in [-0.39, 0.29) is 5.92 Å². The third-order valence-corrected chi connectivity index (χ3v) is 3.18. The Balaban J connectivity index is 2.86. The summed E-state index contributed by atoms with van der Waals surface area (Å²) in [5.41, 5.74) is 6.68. The molecule has 1 atom stereocenters. The van der Waals surface area contributed by atoms with Crippen molar-refractivity contribution in [2.75, 3.05) is 29.6 Å². The van der Waals surface area contributed by atoms with Crippen LogP contribution in [0, 0.1) is 6.92 Å². The van der Waals surface area contributed by atoms with Crippen LogP contribution in [0.4, 0.5) is 11.6 Å². The van der Waals surface area contributed by atoms with Crippen molar-refractivity contribution in [3.63, 3.8) is 0 Å². The topological polar surface area (TPSA) is 80.9 Å². The fourth-order valence-corrected chi connectivity index (χ4v) is 1.68. The van der Waals surface area contributed by atoms with Gasteiger partial charge in [0.05, 0.1) is 0 Å². The molecular formula is C11H20N4OS. The summed E-state index contributed by atoms with van der Waals surface area (Å²) in [7, 11) is -0.802. The standard InChI is InChI=1S/C11H20N4OS/c1-7(2)10-14-9(12)8(3)11(15-10)13-5-6-17(4)16/h7H,5-6H2,1-4H3,(H3,12,13,14,15). The van der Waals surface area contributed by atoms with E-state index >= 15 is 0 Å². The second-order valence-electron chi connectivity index (χ2n) is 4.30. The molecule has 0 aliphatic rings. The number of hydrogen-bond acceptors (Lipinski definition) is 5. The second kappa shape index (κ2) is 5.95. The first-order valence-electron chi connectivity index (χ1n) is 5.59. The number of rotatable bonds is 5. The van der Waals surface area contributed by atoms with Gasteiger partial charge in [-0.15, -0.1) is 0 Å². The van der Waals surface area contributed by atoms with Crippen LogP contribution < -0.4 is 11.1 Å². The van der Waals surface area contributed by atoms with Crippen LogP contribution >= 0.6 is 0 Å². The number of nitrogens with zero attached hydrogens (tertiary/aromatic N) is 2. The minimum Gasteiger partial charge on any atom is -0.383 e. The largest absolute Gasteiger partial charge is 0.383 e. The van der Waals surface area contributed by atoms with Crippen LogP contribution in [-0.2, 0) is 10.8 Å². The zero-order chi connectivity index (χ0) is 13.0. The van der Waals surface area contributed by atoms with E-state index in [0.29, 0.717) is 18.1 Å². The lowest BCUT2D eigenvalue weighted by Gasteiger charge is -2.13. The molecule has 96 valence electrons. The SMILES string of the molecule is Cc1c(N)nc(C(C)C)nc1NCCS(C)=O. The molecule has 0 bridgehead atoms. The first-order chi connectivity index (χ1) is 7.91. The van der Waals surface area contributed by atoms with Gasteiger partial charge in [-0.25, -0.2) is 9.97 Å². The summed E-state index contributed by atoms with van der Waals surface area (Å²) in [5.74, 6) is 2.81. The molecule has 6 heteroatoms. The number of nitrogens with two attached hydrogens (primary N) is 1. The molecule has 0 saturated carbocycles. The Hall–Kier alpha value is -1.17. The highest BCUT2D eigenvalue weighted by Crippen LogP contribution is 2.20. The molecular weight excluding hydrogens is 236 g/mol. The van der Waals surface area contributed by atoms with Crippen LogP contribution in [0.25, 0.3) is 0 Å². The Morgan fingerprint density at radius 3 is 2.59 bits per heavy atom. The normalized spacial score (nSPS) is 12.8. The van der Waals surface area contributed by atoms with Crippen molar-refractivity contribution in [3.05, 3.63) is 11.4 Å². The molecule has 0 aliphatic carbocycles. The first-order valence-corrected chi connectivity index (χ1v) is 7.32. The molecule has 0 spiro atoms. The lowest BCUT2D eigenvalue weighted by atomic mass is 10.2. The van der Waals surface area contributed by atoms with Crippen molar-refractivity contribution >= 4 is 22.4 Å². The third-order valence-electron chi connectivity index (χ3n) is 2.40. The Kier molecular flexibility index (Phi) is 4.86. The van der Waals surface area contributed by atoms with E-state index in [2.05, 4.69) is 15.3 Å². The zero-order valence-corrected chi connectivity index (χ0v) is 11.6. The van der Waals surface area contributed by atoms with E-state index in [4.69, 9.17) is 5.73 Å². The summed E-state index contributed by atoms with van der Waals surface area (Å²) in [6.45, 7) is 6.55. The maximum Gasteiger partial charge on any atom is 0.135 e. The van der Waals surface area contributed by atoms with Crippen molar-refractivity contribution in [1.82, 2.24) is 9.97 Å². The number of aromatic nitrogens is 2. The Labute approximate surface area is 105 Å². The predicted octanol–water partition coefficient (Wildman–Crippen LogP) is 1.28. The van der Waals surface area contributed by atoms with E-state index < -0.39 is 10.8 Å². The molecule has 0 saturated heterocycles. The summed E-state index contributed by atoms with van der Waals surface area (Å²) in [6.07, 6.45) is 1.68. The van der Waals surface area contributed by atoms with Crippen LogP contribution in [-0.4, -0.2) is 32.7 Å². The van der Waals surface area contributed by atoms with Crippen molar-refractivity contribution in [1.29, 1.82) is 0 Å². The summed E-state index contributed by atoms with van der Waals surface area (Å²) in [4.78, 5) is 8.67. The van der Waals surface area contributed by atoms with E-state index in [1.165, 1.54) is 0 Å². The molecule has 0 aliphatic heterocycles. The van der Waals surface area contributed by atoms with Gasteiger partial charge in [-0.3, -0.25) is 4.21 Å². The molecule has 5 nitrogen and oxygen atoms in total. The minimum atomic E-state index is -0.802. The van der Waals surface area contributed by atoms with E-state index in [1.54, 1.807) is 6.26 Å². The van der Waals surface area contributed by atoms with Gasteiger partial charge in [-0.2, -0.15) is 0 Å². The average Bonchev–Trinajstić information content (AvgIpc) is 2.23. The molecule has 0 amide bonds. The highest BCUT2D eigenvalue weighted by atomic mass is 32.2. The highest BCUT2D eigenvalue weighted by Gasteiger charge is 2.10. The second-order valence-corrected chi connectivity index (χ2v) is 5.85. The van der Waals surface area contributed by atoms with E-state index in [9.17, 15) is 4.21 Å². The van der Waals surface area contributed by atoms with Crippen molar-refractivity contribution in [3.8, 4) is 0 Å². The molecule has 1 heterocycles. The molecule has 3 N–H and O–H groups in total. The van der Waals surface area contributed by atoms with Crippen LogP contribution in [0.5, 0.6) is 0 Å². The maximum atomic E-state index is 11.0. The van der Waals surface area contributed by atoms with E-state index in [0.717, 1.165) is 17.2 Å². The van der Waals surface area contributed by atoms with Crippen molar-refractivity contribution in [2.24, 2.45) is 0 Å². The fourth-order valence-electron chi connectivity index (χ4n) is 1.30. The average molecular weight is 256 g/mol. The third kappa shape index (κ3) is 3.96. The predicted molar refractivity (Wildman–Crippen MR) is 72.7 cm³/mol. The molecule has 17 heavy (non-hydrogen) atoms. The molecule has 0 fully saturated rings. The van der Waals surface area contributed by atoms with Crippen molar-refractivity contribution < 1.29 is 4.21 Å². The van der Waals surface area contributed by atoms with Crippen LogP contribution in [0.3, 0.4) is 0 Å². The van der Waals surface area contributed by atoms with Gasteiger partial charge in [0, 0.05) is 40.8 Å². The van der Waals surface area contributed by atoms with Gasteiger partial charge >= 0.3 is 0 Å². The van der Waals surface area contributed by atoms with Gasteiger partial charge in [0.2, 0.25) is 0 Å². The molecule has 1 aromatic heterocycles. The summed E-state index contributed by atoms with van der Waals surface area (Å²) >= 11 is 0. The molecule has 0 radical (unpaired) electrons. The Morgan fingerprint density at radius 2 is 2.06 bits per heavy atom. The van der Waals surface area contributed by atoms with Crippen LogP contribution in [0.2, 0.25) is 0 Å². The number of nitrogen functional groups attached to an aromatic ring is 1. The zero-order valence-electron chi connectivity index (χ0n) is 10.8. The van der Waals surface area contributed by atoms with E-state index in [1.807, 2.05) is 20.8 Å². The lowest BCUT2D eigenvalue weighted by molar-refractivity contribution is 0.687. The highest BCUT2D eigenvalue weighted by molar-refractivity contribution is 7.84. The first kappa shape index (κ1) is 13.9. The van der Waals surface area contributed by atoms with Gasteiger partial charge < -0.3 is 11.1 Å². The van der Waals surface area contributed by atoms with Gasteiger partial charge in [0.1, 0.15) is 17.5 Å².